The first-order valence-corrected chi connectivity index (χ1v) is 6.60. The number of nitrogens with one attached hydrogen (secondary N) is 1. The van der Waals surface area contributed by atoms with Crippen LogP contribution in [-0.2, 0) is 0 Å². The van der Waals surface area contributed by atoms with E-state index in [0.29, 0.717) is 5.54 Å². The standard InChI is InChI=1S/C13H26N2/c1-11-8-9-14-10-13(2,3)15(11)12-6-4-5-7-12/h11-12,14H,4-10H2,1-3H3. The predicted molar refractivity (Wildman–Crippen MR) is 65.1 cm³/mol. The van der Waals surface area contributed by atoms with Crippen LogP contribution in [0.4, 0.5) is 0 Å². The van der Waals surface area contributed by atoms with Gasteiger partial charge in [-0.3, -0.25) is 4.90 Å². The normalized spacial score (nSPS) is 34.2. The average molecular weight is 210 g/mol. The van der Waals surface area contributed by atoms with Gasteiger partial charge >= 0.3 is 0 Å². The van der Waals surface area contributed by atoms with Gasteiger partial charge in [0.25, 0.3) is 0 Å². The highest BCUT2D eigenvalue weighted by molar-refractivity contribution is 4.95. The molecule has 1 aliphatic carbocycles. The largest absolute Gasteiger partial charge is 0.315 e. The molecule has 0 aromatic carbocycles. The quantitative estimate of drug-likeness (QED) is 0.715. The molecule has 88 valence electrons. The van der Waals surface area contributed by atoms with Crippen LogP contribution in [0.3, 0.4) is 0 Å². The molecule has 1 unspecified atom stereocenters. The second-order valence-corrected chi connectivity index (χ2v) is 5.97. The van der Waals surface area contributed by atoms with Gasteiger partial charge in [0.1, 0.15) is 0 Å². The molecule has 0 amide bonds. The molecule has 2 heteroatoms. The Hall–Kier alpha value is -0.0800. The Bertz CT molecular complexity index is 207. The molecule has 1 saturated carbocycles. The van der Waals surface area contributed by atoms with E-state index < -0.39 is 0 Å². The molecule has 2 rings (SSSR count). The van der Waals surface area contributed by atoms with Gasteiger partial charge in [-0.1, -0.05) is 12.8 Å². The Kier molecular flexibility index (Phi) is 3.36. The van der Waals surface area contributed by atoms with Crippen LogP contribution < -0.4 is 5.32 Å². The second kappa shape index (κ2) is 4.42. The van der Waals surface area contributed by atoms with Crippen molar-refractivity contribution in [3.05, 3.63) is 0 Å². The van der Waals surface area contributed by atoms with Crippen molar-refractivity contribution in [1.82, 2.24) is 10.2 Å². The summed E-state index contributed by atoms with van der Waals surface area (Å²) >= 11 is 0. The molecule has 0 spiro atoms. The summed E-state index contributed by atoms with van der Waals surface area (Å²) < 4.78 is 0. The third-order valence-corrected chi connectivity index (χ3v) is 4.19. The Morgan fingerprint density at radius 1 is 1.13 bits per heavy atom. The molecule has 1 N–H and O–H groups in total. The van der Waals surface area contributed by atoms with Crippen molar-refractivity contribution < 1.29 is 0 Å². The maximum atomic E-state index is 3.58. The van der Waals surface area contributed by atoms with Crippen LogP contribution in [0.5, 0.6) is 0 Å². The van der Waals surface area contributed by atoms with E-state index in [0.717, 1.165) is 18.6 Å². The van der Waals surface area contributed by atoms with Gasteiger partial charge < -0.3 is 5.32 Å². The number of rotatable bonds is 1. The smallest absolute Gasteiger partial charge is 0.0283 e. The van der Waals surface area contributed by atoms with Crippen LogP contribution in [0.1, 0.15) is 52.9 Å². The molecule has 2 aliphatic rings. The number of hydrogen-bond acceptors (Lipinski definition) is 2. The summed E-state index contributed by atoms with van der Waals surface area (Å²) in [5, 5.41) is 3.58. The van der Waals surface area contributed by atoms with E-state index >= 15 is 0 Å². The van der Waals surface area contributed by atoms with E-state index in [1.807, 2.05) is 0 Å². The fourth-order valence-corrected chi connectivity index (χ4v) is 3.57. The summed E-state index contributed by atoms with van der Waals surface area (Å²) in [5.41, 5.74) is 0.338. The van der Waals surface area contributed by atoms with Crippen molar-refractivity contribution in [3.8, 4) is 0 Å². The van der Waals surface area contributed by atoms with Crippen LogP contribution >= 0.6 is 0 Å². The molecule has 0 aromatic rings. The molecule has 2 fully saturated rings. The minimum absolute atomic E-state index is 0.338. The zero-order valence-corrected chi connectivity index (χ0v) is 10.6. The van der Waals surface area contributed by atoms with Crippen molar-refractivity contribution in [3.63, 3.8) is 0 Å². The van der Waals surface area contributed by atoms with Gasteiger partial charge in [-0.15, -0.1) is 0 Å². The lowest BCUT2D eigenvalue weighted by molar-refractivity contribution is 0.0421. The Morgan fingerprint density at radius 2 is 1.80 bits per heavy atom. The van der Waals surface area contributed by atoms with Crippen molar-refractivity contribution in [2.45, 2.75) is 70.5 Å². The van der Waals surface area contributed by atoms with Crippen LogP contribution in [0.15, 0.2) is 0 Å². The molecular formula is C13H26N2. The van der Waals surface area contributed by atoms with Crippen molar-refractivity contribution in [2.75, 3.05) is 13.1 Å². The van der Waals surface area contributed by atoms with Gasteiger partial charge in [0.2, 0.25) is 0 Å². The number of hydrogen-bond donors (Lipinski definition) is 1. The zero-order valence-electron chi connectivity index (χ0n) is 10.6. The molecule has 1 heterocycles. The fourth-order valence-electron chi connectivity index (χ4n) is 3.57. The second-order valence-electron chi connectivity index (χ2n) is 5.97. The maximum absolute atomic E-state index is 3.58. The van der Waals surface area contributed by atoms with Crippen LogP contribution in [-0.4, -0.2) is 35.6 Å². The first kappa shape index (κ1) is 11.4. The van der Waals surface area contributed by atoms with Gasteiger partial charge in [0, 0.05) is 24.2 Å². The first-order chi connectivity index (χ1) is 7.11. The molecule has 0 aromatic heterocycles. The zero-order chi connectivity index (χ0) is 10.9. The summed E-state index contributed by atoms with van der Waals surface area (Å²) in [5.74, 6) is 0. The van der Waals surface area contributed by atoms with E-state index in [1.165, 1.54) is 38.6 Å². The predicted octanol–water partition coefficient (Wildman–Crippen LogP) is 2.39. The van der Waals surface area contributed by atoms with Crippen LogP contribution in [0.2, 0.25) is 0 Å². The Labute approximate surface area is 94.4 Å². The summed E-state index contributed by atoms with van der Waals surface area (Å²) in [6.45, 7) is 9.55. The fraction of sp³-hybridized carbons (Fsp3) is 1.00. The summed E-state index contributed by atoms with van der Waals surface area (Å²) in [6, 6.07) is 1.60. The molecule has 1 saturated heterocycles. The summed E-state index contributed by atoms with van der Waals surface area (Å²) in [4.78, 5) is 2.81. The molecule has 0 bridgehead atoms. The molecule has 0 radical (unpaired) electrons. The highest BCUT2D eigenvalue weighted by Gasteiger charge is 2.38. The van der Waals surface area contributed by atoms with E-state index in [4.69, 9.17) is 0 Å². The van der Waals surface area contributed by atoms with E-state index in [9.17, 15) is 0 Å². The van der Waals surface area contributed by atoms with Crippen LogP contribution in [0, 0.1) is 0 Å². The average Bonchev–Trinajstić information content (AvgIpc) is 2.61. The SMILES string of the molecule is CC1CCNCC(C)(C)N1C1CCCC1. The summed E-state index contributed by atoms with van der Waals surface area (Å²) in [6.07, 6.45) is 7.04. The lowest BCUT2D eigenvalue weighted by Crippen LogP contribution is -2.55. The minimum atomic E-state index is 0.338. The van der Waals surface area contributed by atoms with E-state index in [2.05, 4.69) is 31.0 Å². The van der Waals surface area contributed by atoms with Gasteiger partial charge in [-0.2, -0.15) is 0 Å². The molecule has 15 heavy (non-hydrogen) atoms. The highest BCUT2D eigenvalue weighted by Crippen LogP contribution is 2.32. The third kappa shape index (κ3) is 2.36. The number of nitrogens with zero attached hydrogens (tertiary/aromatic N) is 1. The van der Waals surface area contributed by atoms with E-state index in [-0.39, 0.29) is 0 Å². The van der Waals surface area contributed by atoms with Gasteiger partial charge in [0.15, 0.2) is 0 Å². The lowest BCUT2D eigenvalue weighted by Gasteiger charge is -2.45. The molecule has 1 aliphatic heterocycles. The van der Waals surface area contributed by atoms with Crippen molar-refractivity contribution in [1.29, 1.82) is 0 Å². The van der Waals surface area contributed by atoms with Crippen LogP contribution in [0.25, 0.3) is 0 Å². The highest BCUT2D eigenvalue weighted by atomic mass is 15.3. The topological polar surface area (TPSA) is 15.3 Å². The first-order valence-electron chi connectivity index (χ1n) is 6.60. The van der Waals surface area contributed by atoms with Crippen molar-refractivity contribution in [2.24, 2.45) is 0 Å². The molecule has 2 nitrogen and oxygen atoms in total. The lowest BCUT2D eigenvalue weighted by atomic mass is 9.97. The van der Waals surface area contributed by atoms with Crippen molar-refractivity contribution >= 4 is 0 Å². The Morgan fingerprint density at radius 3 is 2.47 bits per heavy atom. The van der Waals surface area contributed by atoms with Gasteiger partial charge in [0.05, 0.1) is 0 Å². The van der Waals surface area contributed by atoms with E-state index in [1.54, 1.807) is 0 Å². The minimum Gasteiger partial charge on any atom is -0.315 e. The van der Waals surface area contributed by atoms with Gasteiger partial charge in [-0.05, 0) is 46.6 Å². The monoisotopic (exact) mass is 210 g/mol. The van der Waals surface area contributed by atoms with Gasteiger partial charge in [-0.25, -0.2) is 0 Å². The molecule has 1 atom stereocenters. The third-order valence-electron chi connectivity index (χ3n) is 4.19. The molecular weight excluding hydrogens is 184 g/mol. The summed E-state index contributed by atoms with van der Waals surface area (Å²) in [7, 11) is 0. The maximum Gasteiger partial charge on any atom is 0.0283 e. The Balaban J connectivity index is 2.14.